The van der Waals surface area contributed by atoms with Crippen molar-refractivity contribution in [1.82, 2.24) is 0 Å². The molecule has 94 valence electrons. The molecule has 0 spiro atoms. The molecule has 0 N–H and O–H groups in total. The van der Waals surface area contributed by atoms with E-state index in [1.54, 1.807) is 6.08 Å². The lowest BCUT2D eigenvalue weighted by atomic mass is 10.1. The second kappa shape index (κ2) is 6.53. The highest BCUT2D eigenvalue weighted by molar-refractivity contribution is 9.10. The fraction of sp³-hybridized carbons (Fsp3) is 0. The lowest BCUT2D eigenvalue weighted by Crippen LogP contribution is -1.83. The molecule has 0 aliphatic carbocycles. The number of carbonyl (C=O) groups excluding carboxylic acids is 1. The van der Waals surface area contributed by atoms with Crippen molar-refractivity contribution in [2.45, 2.75) is 0 Å². The van der Waals surface area contributed by atoms with Gasteiger partial charge >= 0.3 is 0 Å². The Morgan fingerprint density at radius 1 is 1.11 bits per heavy atom. The van der Waals surface area contributed by atoms with Crippen molar-refractivity contribution in [3.63, 3.8) is 0 Å². The van der Waals surface area contributed by atoms with Gasteiger partial charge in [0.1, 0.15) is 5.94 Å². The summed E-state index contributed by atoms with van der Waals surface area (Å²) in [6.45, 7) is 0. The number of hydrogen-bond donors (Lipinski definition) is 0. The molecule has 19 heavy (non-hydrogen) atoms. The van der Waals surface area contributed by atoms with Crippen molar-refractivity contribution >= 4 is 45.1 Å². The maximum absolute atomic E-state index is 11.1. The molecule has 0 saturated heterocycles. The maximum Gasteiger partial charge on any atom is 0.133 e. The Labute approximate surface area is 125 Å². The highest BCUT2D eigenvalue weighted by atomic mass is 79.9. The molecule has 2 rings (SSSR count). The molecular weight excluding hydrogens is 324 g/mol. The average molecular weight is 334 g/mol. The van der Waals surface area contributed by atoms with Crippen molar-refractivity contribution in [3.05, 3.63) is 75.2 Å². The molecule has 1 nitrogen and oxygen atoms in total. The lowest BCUT2D eigenvalue weighted by molar-refractivity contribution is 0.569. The first-order chi connectivity index (χ1) is 9.20. The molecule has 0 aliphatic rings. The molecule has 2 aromatic carbocycles. The van der Waals surface area contributed by atoms with E-state index in [9.17, 15) is 4.79 Å². The maximum atomic E-state index is 11.1. The highest BCUT2D eigenvalue weighted by Gasteiger charge is 2.03. The van der Waals surface area contributed by atoms with Gasteiger partial charge in [0.2, 0.25) is 0 Å². The van der Waals surface area contributed by atoms with Crippen LogP contribution in [0.1, 0.15) is 11.1 Å². The quantitative estimate of drug-likeness (QED) is 0.568. The summed E-state index contributed by atoms with van der Waals surface area (Å²) in [5, 5.41) is 0.689. The Morgan fingerprint density at radius 2 is 1.79 bits per heavy atom. The number of allylic oxidation sites excluding steroid dienone is 2. The van der Waals surface area contributed by atoms with Crippen LogP contribution in [0.4, 0.5) is 0 Å². The topological polar surface area (TPSA) is 17.1 Å². The minimum atomic E-state index is 0.502. The van der Waals surface area contributed by atoms with Crippen LogP contribution in [0.3, 0.4) is 0 Å². The van der Waals surface area contributed by atoms with Crippen molar-refractivity contribution in [3.8, 4) is 0 Å². The van der Waals surface area contributed by atoms with Crippen molar-refractivity contribution < 1.29 is 4.79 Å². The number of hydrogen-bond acceptors (Lipinski definition) is 1. The zero-order valence-corrected chi connectivity index (χ0v) is 12.3. The Kier molecular flexibility index (Phi) is 4.75. The van der Waals surface area contributed by atoms with Crippen LogP contribution >= 0.6 is 27.5 Å². The van der Waals surface area contributed by atoms with Gasteiger partial charge in [-0.05, 0) is 29.8 Å². The van der Waals surface area contributed by atoms with E-state index in [2.05, 4.69) is 15.9 Å². The molecule has 0 fully saturated rings. The Morgan fingerprint density at radius 3 is 2.42 bits per heavy atom. The second-order valence-corrected chi connectivity index (χ2v) is 5.17. The van der Waals surface area contributed by atoms with Crippen LogP contribution in [0.5, 0.6) is 0 Å². The van der Waals surface area contributed by atoms with Gasteiger partial charge in [-0.3, -0.25) is 0 Å². The zero-order valence-electron chi connectivity index (χ0n) is 9.94. The van der Waals surface area contributed by atoms with Gasteiger partial charge in [0.05, 0.1) is 5.57 Å². The first-order valence-electron chi connectivity index (χ1n) is 5.64. The highest BCUT2D eigenvalue weighted by Crippen LogP contribution is 2.24. The molecule has 0 radical (unpaired) electrons. The van der Waals surface area contributed by atoms with Crippen LogP contribution in [0.2, 0.25) is 5.02 Å². The minimum absolute atomic E-state index is 0.502. The largest absolute Gasteiger partial charge is 0.233 e. The molecular formula is C16H10BrClO. The van der Waals surface area contributed by atoms with Crippen molar-refractivity contribution in [2.24, 2.45) is 0 Å². The van der Waals surface area contributed by atoms with E-state index in [0.717, 1.165) is 15.6 Å². The number of rotatable bonds is 3. The van der Waals surface area contributed by atoms with E-state index in [0.29, 0.717) is 10.6 Å². The zero-order chi connectivity index (χ0) is 13.7. The molecule has 0 bridgehead atoms. The molecule has 0 saturated carbocycles. The fourth-order valence-corrected chi connectivity index (χ4v) is 2.24. The second-order valence-electron chi connectivity index (χ2n) is 3.88. The summed E-state index contributed by atoms with van der Waals surface area (Å²) in [5.41, 5.74) is 2.30. The van der Waals surface area contributed by atoms with E-state index in [1.165, 1.54) is 0 Å². The first-order valence-corrected chi connectivity index (χ1v) is 6.81. The van der Waals surface area contributed by atoms with E-state index < -0.39 is 0 Å². The average Bonchev–Trinajstić information content (AvgIpc) is 2.43. The van der Waals surface area contributed by atoms with E-state index in [-0.39, 0.29) is 0 Å². The molecule has 0 atom stereocenters. The summed E-state index contributed by atoms with van der Waals surface area (Å²) in [6.07, 6.45) is 3.60. The third-order valence-corrected chi connectivity index (χ3v) is 3.53. The van der Waals surface area contributed by atoms with Crippen molar-refractivity contribution in [2.75, 3.05) is 0 Å². The predicted molar refractivity (Wildman–Crippen MR) is 83.7 cm³/mol. The summed E-state index contributed by atoms with van der Waals surface area (Å²) in [6, 6.07) is 14.9. The Balaban J connectivity index is 2.28. The van der Waals surface area contributed by atoms with Gasteiger partial charge in [-0.25, -0.2) is 4.79 Å². The monoisotopic (exact) mass is 332 g/mol. The third-order valence-electron chi connectivity index (χ3n) is 2.59. The van der Waals surface area contributed by atoms with Crippen LogP contribution in [0.25, 0.3) is 11.6 Å². The fourth-order valence-electron chi connectivity index (χ4n) is 1.61. The van der Waals surface area contributed by atoms with E-state index in [1.807, 2.05) is 60.5 Å². The molecule has 3 heteroatoms. The molecule has 0 unspecified atom stereocenters. The minimum Gasteiger partial charge on any atom is -0.233 e. The summed E-state index contributed by atoms with van der Waals surface area (Å²) in [7, 11) is 0. The number of benzene rings is 2. The summed E-state index contributed by atoms with van der Waals surface area (Å²) in [4.78, 5) is 11.1. The molecule has 0 heterocycles. The SMILES string of the molecule is O=C=C(/C=C/c1ccc(Cl)cc1)c1ccccc1Br. The summed E-state index contributed by atoms with van der Waals surface area (Å²) < 4.78 is 0.870. The van der Waals surface area contributed by atoms with Crippen LogP contribution in [-0.2, 0) is 4.79 Å². The van der Waals surface area contributed by atoms with Gasteiger partial charge in [-0.1, -0.05) is 63.9 Å². The number of halogens is 2. The first kappa shape index (κ1) is 13.8. The summed E-state index contributed by atoms with van der Waals surface area (Å²) >= 11 is 9.24. The molecule has 0 aromatic heterocycles. The Hall–Kier alpha value is -1.60. The normalized spacial score (nSPS) is 10.4. The lowest BCUT2D eigenvalue weighted by Gasteiger charge is -2.01. The van der Waals surface area contributed by atoms with E-state index >= 15 is 0 Å². The van der Waals surface area contributed by atoms with Gasteiger partial charge in [-0.2, -0.15) is 0 Å². The van der Waals surface area contributed by atoms with Gasteiger partial charge in [0.15, 0.2) is 0 Å². The van der Waals surface area contributed by atoms with Gasteiger partial charge in [-0.15, -0.1) is 0 Å². The van der Waals surface area contributed by atoms with Gasteiger partial charge in [0.25, 0.3) is 0 Å². The van der Waals surface area contributed by atoms with Crippen LogP contribution in [0.15, 0.2) is 59.1 Å². The third kappa shape index (κ3) is 3.68. The Bertz CT molecular complexity index is 653. The van der Waals surface area contributed by atoms with Gasteiger partial charge < -0.3 is 0 Å². The van der Waals surface area contributed by atoms with Gasteiger partial charge in [0, 0.05) is 15.1 Å². The van der Waals surface area contributed by atoms with Crippen LogP contribution in [-0.4, -0.2) is 5.94 Å². The molecule has 0 amide bonds. The predicted octanol–water partition coefficient (Wildman–Crippen LogP) is 5.03. The molecule has 0 aliphatic heterocycles. The smallest absolute Gasteiger partial charge is 0.133 e. The van der Waals surface area contributed by atoms with E-state index in [4.69, 9.17) is 11.6 Å². The standard InChI is InChI=1S/C16H10BrClO/c17-16-4-2-1-3-15(16)13(11-19)8-5-12-6-9-14(18)10-7-12/h1-10H/b8-5+. The van der Waals surface area contributed by atoms with Crippen LogP contribution in [0, 0.1) is 0 Å². The van der Waals surface area contributed by atoms with Crippen molar-refractivity contribution in [1.29, 1.82) is 0 Å². The molecule has 2 aromatic rings. The summed E-state index contributed by atoms with van der Waals surface area (Å²) in [5.74, 6) is 1.96. The van der Waals surface area contributed by atoms with Crippen LogP contribution < -0.4 is 0 Å².